The van der Waals surface area contributed by atoms with E-state index in [2.05, 4.69) is 6.07 Å². The predicted molar refractivity (Wildman–Crippen MR) is 82.8 cm³/mol. The van der Waals surface area contributed by atoms with E-state index < -0.39 is 6.04 Å². The monoisotopic (exact) mass is 302 g/mol. The third-order valence-electron chi connectivity index (χ3n) is 4.31. The second-order valence-corrected chi connectivity index (χ2v) is 5.53. The molecular formula is C17H22N2O3. The number of nitriles is 1. The lowest BCUT2D eigenvalue weighted by atomic mass is 9.91. The van der Waals surface area contributed by atoms with Gasteiger partial charge in [-0.2, -0.15) is 5.26 Å². The molecule has 0 N–H and O–H groups in total. The van der Waals surface area contributed by atoms with Crippen molar-refractivity contribution in [1.82, 2.24) is 4.90 Å². The van der Waals surface area contributed by atoms with Crippen molar-refractivity contribution in [2.75, 3.05) is 20.8 Å². The molecular weight excluding hydrogens is 280 g/mol. The molecule has 0 fully saturated rings. The van der Waals surface area contributed by atoms with Gasteiger partial charge in [-0.15, -0.1) is 0 Å². The maximum absolute atomic E-state index is 12.5. The summed E-state index contributed by atoms with van der Waals surface area (Å²) in [6.45, 7) is 4.44. The Labute approximate surface area is 131 Å². The minimum absolute atomic E-state index is 0.0366. The van der Waals surface area contributed by atoms with Crippen molar-refractivity contribution < 1.29 is 14.3 Å². The Hall–Kier alpha value is -2.22. The van der Waals surface area contributed by atoms with Crippen LogP contribution >= 0.6 is 0 Å². The van der Waals surface area contributed by atoms with Crippen LogP contribution < -0.4 is 9.47 Å². The summed E-state index contributed by atoms with van der Waals surface area (Å²) in [4.78, 5) is 14.2. The van der Waals surface area contributed by atoms with Crippen LogP contribution in [0.4, 0.5) is 0 Å². The zero-order chi connectivity index (χ0) is 16.3. The Morgan fingerprint density at radius 2 is 2.05 bits per heavy atom. The summed E-state index contributed by atoms with van der Waals surface area (Å²) in [5.74, 6) is 1.20. The molecule has 5 nitrogen and oxygen atoms in total. The van der Waals surface area contributed by atoms with Gasteiger partial charge in [0.2, 0.25) is 5.91 Å². The third-order valence-corrected chi connectivity index (χ3v) is 4.31. The molecule has 0 bridgehead atoms. The highest BCUT2D eigenvalue weighted by Crippen LogP contribution is 2.38. The zero-order valence-corrected chi connectivity index (χ0v) is 13.5. The molecule has 2 rings (SSSR count). The number of ether oxygens (including phenoxy) is 2. The van der Waals surface area contributed by atoms with Crippen LogP contribution in [0.3, 0.4) is 0 Å². The maximum Gasteiger partial charge on any atom is 0.226 e. The second kappa shape index (κ2) is 6.69. The van der Waals surface area contributed by atoms with Gasteiger partial charge in [0.15, 0.2) is 11.5 Å². The molecule has 1 unspecified atom stereocenters. The molecule has 1 aliphatic rings. The van der Waals surface area contributed by atoms with Gasteiger partial charge in [-0.1, -0.05) is 13.8 Å². The molecule has 1 heterocycles. The van der Waals surface area contributed by atoms with E-state index in [-0.39, 0.29) is 11.8 Å². The predicted octanol–water partition coefficient (Wildman–Crippen LogP) is 2.70. The summed E-state index contributed by atoms with van der Waals surface area (Å²) >= 11 is 0. The van der Waals surface area contributed by atoms with E-state index in [0.717, 1.165) is 24.0 Å². The molecule has 0 saturated heterocycles. The lowest BCUT2D eigenvalue weighted by molar-refractivity contribution is -0.136. The lowest BCUT2D eigenvalue weighted by Crippen LogP contribution is -2.42. The van der Waals surface area contributed by atoms with Crippen molar-refractivity contribution in [3.05, 3.63) is 23.3 Å². The fourth-order valence-corrected chi connectivity index (χ4v) is 2.78. The molecule has 1 amide bonds. The SMILES string of the molecule is CCC(C)C(=O)N1CCc2cc(OC)c(OC)cc2[C@H]1C#N. The summed E-state index contributed by atoms with van der Waals surface area (Å²) < 4.78 is 10.6. The Bertz CT molecular complexity index is 607. The highest BCUT2D eigenvalue weighted by atomic mass is 16.5. The van der Waals surface area contributed by atoms with Crippen LogP contribution in [0.2, 0.25) is 0 Å². The first kappa shape index (κ1) is 16.2. The standard InChI is InChI=1S/C17H22N2O3/c1-5-11(2)17(20)19-7-6-12-8-15(21-3)16(22-4)9-13(12)14(19)10-18/h8-9,11,14H,5-7H2,1-4H3/t11?,14-/m1/s1. The first-order valence-electron chi connectivity index (χ1n) is 7.52. The number of rotatable bonds is 4. The van der Waals surface area contributed by atoms with Gasteiger partial charge in [-0.05, 0) is 36.1 Å². The summed E-state index contributed by atoms with van der Waals surface area (Å²) in [6.07, 6.45) is 1.49. The molecule has 1 aromatic rings. The molecule has 22 heavy (non-hydrogen) atoms. The second-order valence-electron chi connectivity index (χ2n) is 5.53. The number of hydrogen-bond acceptors (Lipinski definition) is 4. The van der Waals surface area contributed by atoms with Gasteiger partial charge in [0.1, 0.15) is 6.04 Å². The molecule has 0 radical (unpaired) electrons. The Morgan fingerprint density at radius 3 is 2.59 bits per heavy atom. The Kier molecular flexibility index (Phi) is 4.92. The van der Waals surface area contributed by atoms with Gasteiger partial charge in [0, 0.05) is 12.5 Å². The van der Waals surface area contributed by atoms with Gasteiger partial charge in [0.25, 0.3) is 0 Å². The van der Waals surface area contributed by atoms with E-state index in [9.17, 15) is 10.1 Å². The molecule has 118 valence electrons. The highest BCUT2D eigenvalue weighted by Gasteiger charge is 2.33. The maximum atomic E-state index is 12.5. The van der Waals surface area contributed by atoms with Gasteiger partial charge in [0.05, 0.1) is 20.3 Å². The zero-order valence-electron chi connectivity index (χ0n) is 13.5. The van der Waals surface area contributed by atoms with E-state index in [1.54, 1.807) is 19.1 Å². The molecule has 1 aliphatic heterocycles. The Morgan fingerprint density at radius 1 is 1.41 bits per heavy atom. The number of benzene rings is 1. The summed E-state index contributed by atoms with van der Waals surface area (Å²) in [5.41, 5.74) is 1.88. The van der Waals surface area contributed by atoms with Crippen molar-refractivity contribution in [2.45, 2.75) is 32.7 Å². The van der Waals surface area contributed by atoms with Gasteiger partial charge >= 0.3 is 0 Å². The van der Waals surface area contributed by atoms with Crippen molar-refractivity contribution in [2.24, 2.45) is 5.92 Å². The van der Waals surface area contributed by atoms with E-state index >= 15 is 0 Å². The molecule has 5 heteroatoms. The quantitative estimate of drug-likeness (QED) is 0.858. The van der Waals surface area contributed by atoms with Crippen LogP contribution in [0.25, 0.3) is 0 Å². The third kappa shape index (κ3) is 2.74. The van der Waals surface area contributed by atoms with Crippen LogP contribution in [0.15, 0.2) is 12.1 Å². The van der Waals surface area contributed by atoms with Crippen LogP contribution in [-0.4, -0.2) is 31.6 Å². The summed E-state index contributed by atoms with van der Waals surface area (Å²) in [7, 11) is 3.16. The van der Waals surface area contributed by atoms with Crippen LogP contribution in [-0.2, 0) is 11.2 Å². The average molecular weight is 302 g/mol. The number of hydrogen-bond donors (Lipinski definition) is 0. The van der Waals surface area contributed by atoms with Crippen molar-refractivity contribution in [3.8, 4) is 17.6 Å². The van der Waals surface area contributed by atoms with Crippen LogP contribution in [0.1, 0.15) is 37.4 Å². The number of fused-ring (bicyclic) bond motifs is 1. The number of nitrogens with zero attached hydrogens (tertiary/aromatic N) is 2. The minimum Gasteiger partial charge on any atom is -0.493 e. The molecule has 0 spiro atoms. The molecule has 0 saturated carbocycles. The number of carbonyl (C=O) groups excluding carboxylic acids is 1. The average Bonchev–Trinajstić information content (AvgIpc) is 2.57. The summed E-state index contributed by atoms with van der Waals surface area (Å²) in [6, 6.07) is 5.43. The van der Waals surface area contributed by atoms with Gasteiger partial charge in [-0.3, -0.25) is 4.79 Å². The van der Waals surface area contributed by atoms with Gasteiger partial charge in [-0.25, -0.2) is 0 Å². The molecule has 2 atom stereocenters. The highest BCUT2D eigenvalue weighted by molar-refractivity contribution is 5.80. The topological polar surface area (TPSA) is 62.6 Å². The first-order chi connectivity index (χ1) is 10.6. The number of methoxy groups -OCH3 is 2. The lowest BCUT2D eigenvalue weighted by Gasteiger charge is -2.35. The number of carbonyl (C=O) groups is 1. The summed E-state index contributed by atoms with van der Waals surface area (Å²) in [5, 5.41) is 9.59. The van der Waals surface area contributed by atoms with Crippen molar-refractivity contribution in [3.63, 3.8) is 0 Å². The fraction of sp³-hybridized carbons (Fsp3) is 0.529. The van der Waals surface area contributed by atoms with Gasteiger partial charge < -0.3 is 14.4 Å². The van der Waals surface area contributed by atoms with Crippen molar-refractivity contribution in [1.29, 1.82) is 5.26 Å². The largest absolute Gasteiger partial charge is 0.493 e. The molecule has 1 aromatic carbocycles. The smallest absolute Gasteiger partial charge is 0.226 e. The minimum atomic E-state index is -0.565. The van der Waals surface area contributed by atoms with Crippen LogP contribution in [0, 0.1) is 17.2 Å². The molecule has 0 aromatic heterocycles. The van der Waals surface area contributed by atoms with E-state index in [1.165, 1.54) is 0 Å². The van der Waals surface area contributed by atoms with E-state index in [0.29, 0.717) is 18.0 Å². The normalized spacial score (nSPS) is 18.1. The first-order valence-corrected chi connectivity index (χ1v) is 7.52. The molecule has 0 aliphatic carbocycles. The van der Waals surface area contributed by atoms with Crippen molar-refractivity contribution >= 4 is 5.91 Å². The van der Waals surface area contributed by atoms with Crippen LogP contribution in [0.5, 0.6) is 11.5 Å². The van der Waals surface area contributed by atoms with E-state index in [4.69, 9.17) is 9.47 Å². The fourth-order valence-electron chi connectivity index (χ4n) is 2.78. The Balaban J connectivity index is 2.43. The van der Waals surface area contributed by atoms with E-state index in [1.807, 2.05) is 26.0 Å². The number of amides is 1.